The monoisotopic (exact) mass is 310 g/mol. The number of aromatic amines is 1. The molecule has 8 heteroatoms. The van der Waals surface area contributed by atoms with Crippen LogP contribution in [0.5, 0.6) is 0 Å². The predicted octanol–water partition coefficient (Wildman–Crippen LogP) is 1.78. The van der Waals surface area contributed by atoms with Crippen molar-refractivity contribution >= 4 is 17.5 Å². The van der Waals surface area contributed by atoms with Gasteiger partial charge < -0.3 is 9.88 Å². The molecule has 2 aromatic rings. The molecule has 1 atom stereocenters. The molecule has 0 aliphatic heterocycles. The van der Waals surface area contributed by atoms with Crippen molar-refractivity contribution in [1.82, 2.24) is 30.0 Å². The summed E-state index contributed by atoms with van der Waals surface area (Å²) in [7, 11) is 1.92. The highest BCUT2D eigenvalue weighted by molar-refractivity contribution is 6.28. The highest BCUT2D eigenvalue weighted by Crippen LogP contribution is 2.16. The summed E-state index contributed by atoms with van der Waals surface area (Å²) in [6, 6.07) is -0.0687. The van der Waals surface area contributed by atoms with E-state index in [4.69, 9.17) is 11.6 Å². The number of amides is 1. The van der Waals surface area contributed by atoms with Crippen molar-refractivity contribution in [2.75, 3.05) is 0 Å². The van der Waals surface area contributed by atoms with Gasteiger partial charge in [0.2, 0.25) is 11.2 Å². The zero-order valence-corrected chi connectivity index (χ0v) is 12.9. The first kappa shape index (κ1) is 15.5. The van der Waals surface area contributed by atoms with Crippen LogP contribution >= 0.6 is 11.6 Å². The number of aryl methyl sites for hydroxylation is 2. The number of hydrogen-bond acceptors (Lipinski definition) is 4. The van der Waals surface area contributed by atoms with Crippen LogP contribution in [0.25, 0.3) is 0 Å². The first-order chi connectivity index (χ1) is 10.1. The van der Waals surface area contributed by atoms with E-state index < -0.39 is 0 Å². The molecule has 0 saturated heterocycles. The molecule has 2 N–H and O–H groups in total. The summed E-state index contributed by atoms with van der Waals surface area (Å²) in [5.74, 6) is 1.44. The molecule has 0 saturated carbocycles. The van der Waals surface area contributed by atoms with Gasteiger partial charge in [-0.3, -0.25) is 9.89 Å². The van der Waals surface area contributed by atoms with Gasteiger partial charge in [0.25, 0.3) is 0 Å². The Morgan fingerprint density at radius 3 is 2.95 bits per heavy atom. The Morgan fingerprint density at radius 2 is 2.38 bits per heavy atom. The van der Waals surface area contributed by atoms with Crippen LogP contribution < -0.4 is 5.32 Å². The second-order valence-electron chi connectivity index (χ2n) is 4.86. The van der Waals surface area contributed by atoms with Crippen LogP contribution in [-0.2, 0) is 18.3 Å². The van der Waals surface area contributed by atoms with E-state index in [0.29, 0.717) is 18.7 Å². The highest BCUT2D eigenvalue weighted by atomic mass is 35.5. The van der Waals surface area contributed by atoms with E-state index in [2.05, 4.69) is 32.4 Å². The third-order valence-electron chi connectivity index (χ3n) is 3.18. The minimum atomic E-state index is -0.0687. The van der Waals surface area contributed by atoms with Gasteiger partial charge in [0, 0.05) is 32.3 Å². The number of carbonyl (C=O) groups excluding carboxylic acids is 1. The normalized spacial score (nSPS) is 12.3. The van der Waals surface area contributed by atoms with Crippen LogP contribution in [0.4, 0.5) is 0 Å². The van der Waals surface area contributed by atoms with Gasteiger partial charge in [-0.2, -0.15) is 0 Å². The maximum absolute atomic E-state index is 12.1. The van der Waals surface area contributed by atoms with Gasteiger partial charge in [-0.05, 0) is 18.0 Å². The number of halogens is 1. The van der Waals surface area contributed by atoms with E-state index in [9.17, 15) is 4.79 Å². The van der Waals surface area contributed by atoms with Crippen LogP contribution in [0.2, 0.25) is 5.28 Å². The van der Waals surface area contributed by atoms with Crippen molar-refractivity contribution < 1.29 is 4.79 Å². The van der Waals surface area contributed by atoms with Crippen molar-refractivity contribution in [3.05, 3.63) is 29.3 Å². The lowest BCUT2D eigenvalue weighted by molar-refractivity contribution is -0.122. The average Bonchev–Trinajstić information content (AvgIpc) is 3.05. The number of rotatable bonds is 7. The standard InChI is InChI=1S/C13H19ClN6O/c1-3-4-9(12-15-7-8-20(12)2)16-11(21)6-5-10-17-13(14)19-18-10/h7-9H,3-6H2,1-2H3,(H,16,21)(H,17,18,19)/t9-/m1/s1. The molecule has 0 radical (unpaired) electrons. The number of hydrogen-bond donors (Lipinski definition) is 2. The van der Waals surface area contributed by atoms with Gasteiger partial charge in [0.15, 0.2) is 0 Å². The molecule has 114 valence electrons. The second-order valence-corrected chi connectivity index (χ2v) is 5.19. The summed E-state index contributed by atoms with van der Waals surface area (Å²) in [5, 5.41) is 9.60. The number of carbonyl (C=O) groups is 1. The molecule has 2 heterocycles. The van der Waals surface area contributed by atoms with Crippen molar-refractivity contribution in [3.8, 4) is 0 Å². The molecular formula is C13H19ClN6O. The summed E-state index contributed by atoms with van der Waals surface area (Å²) in [6.45, 7) is 2.08. The van der Waals surface area contributed by atoms with Gasteiger partial charge in [0.05, 0.1) is 6.04 Å². The van der Waals surface area contributed by atoms with Crippen molar-refractivity contribution in [2.24, 2.45) is 7.05 Å². The number of H-pyrrole nitrogens is 1. The molecule has 21 heavy (non-hydrogen) atoms. The molecular weight excluding hydrogens is 292 g/mol. The lowest BCUT2D eigenvalue weighted by Crippen LogP contribution is -2.30. The highest BCUT2D eigenvalue weighted by Gasteiger charge is 2.17. The molecule has 1 amide bonds. The topological polar surface area (TPSA) is 88.5 Å². The number of nitrogens with one attached hydrogen (secondary N) is 2. The van der Waals surface area contributed by atoms with E-state index in [1.54, 1.807) is 6.20 Å². The lowest BCUT2D eigenvalue weighted by atomic mass is 10.1. The first-order valence-corrected chi connectivity index (χ1v) is 7.31. The average molecular weight is 311 g/mol. The zero-order chi connectivity index (χ0) is 15.2. The molecule has 0 unspecified atom stereocenters. The van der Waals surface area contributed by atoms with Crippen molar-refractivity contribution in [1.29, 1.82) is 0 Å². The number of aromatic nitrogens is 5. The summed E-state index contributed by atoms with van der Waals surface area (Å²) >= 11 is 5.62. The van der Waals surface area contributed by atoms with Gasteiger partial charge >= 0.3 is 0 Å². The second kappa shape index (κ2) is 7.21. The molecule has 0 fully saturated rings. The van der Waals surface area contributed by atoms with Crippen LogP contribution in [-0.4, -0.2) is 30.6 Å². The maximum Gasteiger partial charge on any atom is 0.242 e. The van der Waals surface area contributed by atoms with E-state index in [1.807, 2.05) is 17.8 Å². The van der Waals surface area contributed by atoms with Crippen molar-refractivity contribution in [3.63, 3.8) is 0 Å². The van der Waals surface area contributed by atoms with Crippen LogP contribution in [0.3, 0.4) is 0 Å². The summed E-state index contributed by atoms with van der Waals surface area (Å²) < 4.78 is 1.93. The number of nitrogens with zero attached hydrogens (tertiary/aromatic N) is 4. The molecule has 7 nitrogen and oxygen atoms in total. The molecule has 2 aromatic heterocycles. The Morgan fingerprint density at radius 1 is 1.57 bits per heavy atom. The van der Waals surface area contributed by atoms with Gasteiger partial charge in [-0.15, -0.1) is 5.10 Å². The van der Waals surface area contributed by atoms with Crippen LogP contribution in [0.1, 0.15) is 43.9 Å². The fraction of sp³-hybridized carbons (Fsp3) is 0.538. The summed E-state index contributed by atoms with van der Waals surface area (Å²) in [6.07, 6.45) is 6.24. The van der Waals surface area contributed by atoms with Crippen molar-refractivity contribution in [2.45, 2.75) is 38.6 Å². The minimum Gasteiger partial charge on any atom is -0.346 e. The molecule has 0 aliphatic rings. The number of imidazole rings is 1. The SMILES string of the molecule is CCC[C@@H](NC(=O)CCc1nc(Cl)n[nH]1)c1nccn1C. The summed E-state index contributed by atoms with van der Waals surface area (Å²) in [4.78, 5) is 20.3. The maximum atomic E-state index is 12.1. The molecule has 0 aliphatic carbocycles. The molecule has 0 spiro atoms. The quantitative estimate of drug-likeness (QED) is 0.816. The Hall–Kier alpha value is -1.89. The fourth-order valence-corrected chi connectivity index (χ4v) is 2.29. The Balaban J connectivity index is 1.91. The summed E-state index contributed by atoms with van der Waals surface area (Å²) in [5.41, 5.74) is 0. The third-order valence-corrected chi connectivity index (χ3v) is 3.35. The van der Waals surface area contributed by atoms with Gasteiger partial charge in [-0.1, -0.05) is 13.3 Å². The predicted molar refractivity (Wildman–Crippen MR) is 78.7 cm³/mol. The minimum absolute atomic E-state index is 0.0380. The lowest BCUT2D eigenvalue weighted by Gasteiger charge is -2.17. The Bertz CT molecular complexity index is 593. The molecule has 2 rings (SSSR count). The van der Waals surface area contributed by atoms with E-state index in [1.165, 1.54) is 0 Å². The van der Waals surface area contributed by atoms with Gasteiger partial charge in [0.1, 0.15) is 11.6 Å². The van der Waals surface area contributed by atoms with E-state index in [0.717, 1.165) is 18.7 Å². The van der Waals surface area contributed by atoms with E-state index in [-0.39, 0.29) is 17.2 Å². The largest absolute Gasteiger partial charge is 0.346 e. The van der Waals surface area contributed by atoms with E-state index >= 15 is 0 Å². The molecule has 0 bridgehead atoms. The van der Waals surface area contributed by atoms with Gasteiger partial charge in [-0.25, -0.2) is 9.97 Å². The Kier molecular flexibility index (Phi) is 5.32. The fourth-order valence-electron chi connectivity index (χ4n) is 2.15. The van der Waals surface area contributed by atoms with Crippen LogP contribution in [0.15, 0.2) is 12.4 Å². The third kappa shape index (κ3) is 4.29. The van der Waals surface area contributed by atoms with Crippen LogP contribution in [0, 0.1) is 0 Å². The first-order valence-electron chi connectivity index (χ1n) is 6.93. The zero-order valence-electron chi connectivity index (χ0n) is 12.1. The Labute approximate surface area is 128 Å². The smallest absolute Gasteiger partial charge is 0.242 e. The molecule has 0 aromatic carbocycles.